The number of nitrogens with zero attached hydrogens (tertiary/aromatic N) is 2. The van der Waals surface area contributed by atoms with Gasteiger partial charge in [-0.15, -0.1) is 0 Å². The molecule has 18 heavy (non-hydrogen) atoms. The molecule has 0 aromatic heterocycles. The molecule has 1 fully saturated rings. The quantitative estimate of drug-likeness (QED) is 0.365. The Morgan fingerprint density at radius 3 is 2.83 bits per heavy atom. The highest BCUT2D eigenvalue weighted by Gasteiger charge is 2.44. The van der Waals surface area contributed by atoms with Crippen molar-refractivity contribution in [2.45, 2.75) is 19.3 Å². The maximum Gasteiger partial charge on any atom is 0.139 e. The summed E-state index contributed by atoms with van der Waals surface area (Å²) in [7, 11) is 1.93. The highest BCUT2D eigenvalue weighted by Crippen LogP contribution is 2.49. The summed E-state index contributed by atoms with van der Waals surface area (Å²) < 4.78 is 13.1. The molecule has 0 radical (unpaired) electrons. The van der Waals surface area contributed by atoms with E-state index in [9.17, 15) is 4.39 Å². The smallest absolute Gasteiger partial charge is 0.139 e. The van der Waals surface area contributed by atoms with Gasteiger partial charge in [-0.25, -0.2) is 4.39 Å². The lowest BCUT2D eigenvalue weighted by molar-refractivity contribution is 0.314. The number of nitrogens with two attached hydrogens (primary N) is 1. The number of halogens is 1. The molecular formula is C13H18FN3O. The fourth-order valence-electron chi connectivity index (χ4n) is 2.30. The zero-order valence-electron chi connectivity index (χ0n) is 10.4. The lowest BCUT2D eigenvalue weighted by Gasteiger charge is -2.25. The van der Waals surface area contributed by atoms with E-state index in [1.807, 2.05) is 18.0 Å². The molecule has 0 unspecified atom stereocenters. The van der Waals surface area contributed by atoms with Crippen LogP contribution in [0.25, 0.3) is 0 Å². The van der Waals surface area contributed by atoms with Gasteiger partial charge >= 0.3 is 0 Å². The van der Waals surface area contributed by atoms with Crippen LogP contribution in [0.5, 0.6) is 0 Å². The minimum atomic E-state index is -0.236. The zero-order chi connectivity index (χ0) is 13.2. The van der Waals surface area contributed by atoms with Crippen molar-refractivity contribution >= 4 is 11.5 Å². The number of anilines is 1. The minimum Gasteiger partial charge on any atom is -0.409 e. The number of rotatable bonds is 5. The molecule has 0 aliphatic heterocycles. The highest BCUT2D eigenvalue weighted by atomic mass is 19.1. The Hall–Kier alpha value is -1.78. The Morgan fingerprint density at radius 2 is 2.28 bits per heavy atom. The molecule has 1 aromatic carbocycles. The fourth-order valence-corrected chi connectivity index (χ4v) is 2.30. The van der Waals surface area contributed by atoms with Crippen molar-refractivity contribution in [3.8, 4) is 0 Å². The van der Waals surface area contributed by atoms with E-state index in [0.717, 1.165) is 25.1 Å². The van der Waals surface area contributed by atoms with Gasteiger partial charge in [0.25, 0.3) is 0 Å². The Balaban J connectivity index is 2.01. The van der Waals surface area contributed by atoms with Gasteiger partial charge < -0.3 is 15.8 Å². The van der Waals surface area contributed by atoms with Crippen LogP contribution in [0.2, 0.25) is 0 Å². The van der Waals surface area contributed by atoms with E-state index in [1.165, 1.54) is 12.1 Å². The lowest BCUT2D eigenvalue weighted by Crippen LogP contribution is -2.30. The van der Waals surface area contributed by atoms with Crippen molar-refractivity contribution in [3.05, 3.63) is 30.1 Å². The van der Waals surface area contributed by atoms with E-state index in [2.05, 4.69) is 5.16 Å². The van der Waals surface area contributed by atoms with Gasteiger partial charge in [0.05, 0.1) is 0 Å². The van der Waals surface area contributed by atoms with E-state index in [1.54, 1.807) is 6.07 Å². The SMILES string of the molecule is CN(CC1(CC(N)=NO)CC1)c1cccc(F)c1. The number of amidine groups is 1. The third kappa shape index (κ3) is 2.91. The molecule has 1 aliphatic rings. The highest BCUT2D eigenvalue weighted by molar-refractivity contribution is 5.80. The Bertz CT molecular complexity index is 457. The predicted molar refractivity (Wildman–Crippen MR) is 69.4 cm³/mol. The van der Waals surface area contributed by atoms with E-state index >= 15 is 0 Å². The van der Waals surface area contributed by atoms with Gasteiger partial charge in [0.1, 0.15) is 11.7 Å². The summed E-state index contributed by atoms with van der Waals surface area (Å²) >= 11 is 0. The van der Waals surface area contributed by atoms with E-state index < -0.39 is 0 Å². The van der Waals surface area contributed by atoms with E-state index in [-0.39, 0.29) is 17.1 Å². The Kier molecular flexibility index (Phi) is 3.41. The van der Waals surface area contributed by atoms with Gasteiger partial charge in [-0.1, -0.05) is 11.2 Å². The molecule has 3 N–H and O–H groups in total. The summed E-state index contributed by atoms with van der Waals surface area (Å²) in [5, 5.41) is 11.6. The van der Waals surface area contributed by atoms with E-state index in [0.29, 0.717) is 6.42 Å². The molecule has 5 heteroatoms. The normalized spacial score (nSPS) is 17.6. The summed E-state index contributed by atoms with van der Waals surface area (Å²) in [4.78, 5) is 2.01. The third-order valence-corrected chi connectivity index (χ3v) is 3.46. The van der Waals surface area contributed by atoms with Crippen LogP contribution in [0, 0.1) is 11.2 Å². The second-order valence-corrected chi connectivity index (χ2v) is 5.10. The topological polar surface area (TPSA) is 61.8 Å². The molecule has 2 rings (SSSR count). The second-order valence-electron chi connectivity index (χ2n) is 5.10. The first-order chi connectivity index (χ1) is 8.54. The monoisotopic (exact) mass is 251 g/mol. The van der Waals surface area contributed by atoms with Crippen LogP contribution in [-0.4, -0.2) is 24.6 Å². The van der Waals surface area contributed by atoms with Gasteiger partial charge in [0, 0.05) is 25.7 Å². The summed E-state index contributed by atoms with van der Waals surface area (Å²) in [6.07, 6.45) is 2.70. The van der Waals surface area contributed by atoms with Gasteiger partial charge in [-0.2, -0.15) is 0 Å². The molecule has 1 aromatic rings. The van der Waals surface area contributed by atoms with Gasteiger partial charge in [-0.05, 0) is 36.5 Å². The molecule has 0 amide bonds. The molecule has 1 aliphatic carbocycles. The zero-order valence-corrected chi connectivity index (χ0v) is 10.4. The second kappa shape index (κ2) is 4.84. The fraction of sp³-hybridized carbons (Fsp3) is 0.462. The van der Waals surface area contributed by atoms with Crippen molar-refractivity contribution in [2.24, 2.45) is 16.3 Å². The van der Waals surface area contributed by atoms with Crippen LogP contribution in [-0.2, 0) is 0 Å². The minimum absolute atomic E-state index is 0.0807. The van der Waals surface area contributed by atoms with Gasteiger partial charge in [-0.3, -0.25) is 0 Å². The average Bonchev–Trinajstić information content (AvgIpc) is 3.08. The average molecular weight is 251 g/mol. The molecule has 0 heterocycles. The number of oxime groups is 1. The van der Waals surface area contributed by atoms with Crippen molar-refractivity contribution in [1.29, 1.82) is 0 Å². The van der Waals surface area contributed by atoms with Crippen LogP contribution in [0.1, 0.15) is 19.3 Å². The summed E-state index contributed by atoms with van der Waals surface area (Å²) in [5.41, 5.74) is 6.49. The lowest BCUT2D eigenvalue weighted by atomic mass is 10.0. The van der Waals surface area contributed by atoms with Crippen molar-refractivity contribution in [1.82, 2.24) is 0 Å². The Morgan fingerprint density at radius 1 is 1.56 bits per heavy atom. The first-order valence-corrected chi connectivity index (χ1v) is 5.98. The summed E-state index contributed by atoms with van der Waals surface area (Å²) in [6, 6.07) is 6.52. The Labute approximate surface area is 106 Å². The van der Waals surface area contributed by atoms with Crippen molar-refractivity contribution < 1.29 is 9.60 Å². The molecule has 98 valence electrons. The first-order valence-electron chi connectivity index (χ1n) is 5.98. The maximum atomic E-state index is 13.1. The van der Waals surface area contributed by atoms with Crippen LogP contribution in [0.15, 0.2) is 29.4 Å². The first kappa shape index (κ1) is 12.7. The maximum absolute atomic E-state index is 13.1. The molecule has 4 nitrogen and oxygen atoms in total. The van der Waals surface area contributed by atoms with Crippen LogP contribution in [0.4, 0.5) is 10.1 Å². The molecule has 1 saturated carbocycles. The molecule has 0 atom stereocenters. The third-order valence-electron chi connectivity index (χ3n) is 3.46. The molecular weight excluding hydrogens is 233 g/mol. The largest absolute Gasteiger partial charge is 0.409 e. The van der Waals surface area contributed by atoms with Gasteiger partial charge in [0.15, 0.2) is 0 Å². The van der Waals surface area contributed by atoms with Gasteiger partial charge in [0.2, 0.25) is 0 Å². The predicted octanol–water partition coefficient (Wildman–Crippen LogP) is 2.18. The number of benzene rings is 1. The molecule has 0 bridgehead atoms. The van der Waals surface area contributed by atoms with Crippen LogP contribution >= 0.6 is 0 Å². The van der Waals surface area contributed by atoms with Crippen molar-refractivity contribution in [2.75, 3.05) is 18.5 Å². The number of hydrogen-bond donors (Lipinski definition) is 2. The summed E-state index contributed by atoms with van der Waals surface area (Å²) in [5.74, 6) is 0.0285. The van der Waals surface area contributed by atoms with E-state index in [4.69, 9.17) is 10.9 Å². The van der Waals surface area contributed by atoms with Crippen molar-refractivity contribution in [3.63, 3.8) is 0 Å². The van der Waals surface area contributed by atoms with Crippen LogP contribution < -0.4 is 10.6 Å². The van der Waals surface area contributed by atoms with Crippen LogP contribution in [0.3, 0.4) is 0 Å². The molecule has 0 spiro atoms. The number of hydrogen-bond acceptors (Lipinski definition) is 3. The molecule has 0 saturated heterocycles. The summed E-state index contributed by atoms with van der Waals surface area (Å²) in [6.45, 7) is 0.784. The standard InChI is InChI=1S/C13H18FN3O/c1-17(11-4-2-3-10(14)7-11)9-13(5-6-13)8-12(15)16-18/h2-4,7,18H,5-6,8-9H2,1H3,(H2,15,16).